The van der Waals surface area contributed by atoms with E-state index in [0.717, 1.165) is 38.6 Å². The molecule has 0 spiro atoms. The van der Waals surface area contributed by atoms with Gasteiger partial charge in [0.05, 0.1) is 17.8 Å². The Morgan fingerprint density at radius 3 is 2.88 bits per heavy atom. The molecule has 2 aromatic heterocycles. The molecule has 1 aliphatic carbocycles. The molecular formula is C18H21ClN4O3. The van der Waals surface area contributed by atoms with Crippen molar-refractivity contribution in [1.82, 2.24) is 20.1 Å². The van der Waals surface area contributed by atoms with Crippen molar-refractivity contribution in [2.75, 3.05) is 6.61 Å². The smallest absolute Gasteiger partial charge is 0.258 e. The van der Waals surface area contributed by atoms with Gasteiger partial charge in [-0.15, -0.1) is 0 Å². The van der Waals surface area contributed by atoms with E-state index in [1.54, 1.807) is 29.2 Å². The van der Waals surface area contributed by atoms with Gasteiger partial charge in [-0.3, -0.25) is 4.79 Å². The zero-order valence-corrected chi connectivity index (χ0v) is 15.1. The van der Waals surface area contributed by atoms with Crippen LogP contribution in [0.4, 0.5) is 0 Å². The van der Waals surface area contributed by atoms with Crippen LogP contribution in [0, 0.1) is 0 Å². The summed E-state index contributed by atoms with van der Waals surface area (Å²) in [4.78, 5) is 16.7. The van der Waals surface area contributed by atoms with Crippen molar-refractivity contribution in [2.24, 2.45) is 0 Å². The lowest BCUT2D eigenvalue weighted by atomic mass is 9.93. The molecule has 2 aromatic rings. The second-order valence-electron chi connectivity index (χ2n) is 6.67. The van der Waals surface area contributed by atoms with Crippen molar-refractivity contribution >= 4 is 17.5 Å². The van der Waals surface area contributed by atoms with Gasteiger partial charge in [0, 0.05) is 31.3 Å². The summed E-state index contributed by atoms with van der Waals surface area (Å²) in [6.45, 7) is 1.43. The second-order valence-corrected chi connectivity index (χ2v) is 7.10. The number of rotatable bonds is 4. The van der Waals surface area contributed by atoms with Gasteiger partial charge >= 0.3 is 0 Å². The number of pyridine rings is 1. The normalized spacial score (nSPS) is 22.2. The molecule has 1 aliphatic heterocycles. The van der Waals surface area contributed by atoms with E-state index in [1.807, 2.05) is 0 Å². The van der Waals surface area contributed by atoms with Gasteiger partial charge in [-0.1, -0.05) is 11.6 Å². The van der Waals surface area contributed by atoms with Crippen LogP contribution in [0.5, 0.6) is 11.8 Å². The Morgan fingerprint density at radius 2 is 2.12 bits per heavy atom. The van der Waals surface area contributed by atoms with E-state index in [9.17, 15) is 4.79 Å². The summed E-state index contributed by atoms with van der Waals surface area (Å²) in [7, 11) is 0. The fourth-order valence-corrected chi connectivity index (χ4v) is 3.53. The highest BCUT2D eigenvalue weighted by molar-refractivity contribution is 6.30. The highest BCUT2D eigenvalue weighted by Gasteiger charge is 2.27. The molecule has 3 heterocycles. The number of hydrogen-bond donors (Lipinski definition) is 1. The Labute approximate surface area is 156 Å². The third-order valence-electron chi connectivity index (χ3n) is 4.79. The number of nitrogens with zero attached hydrogens (tertiary/aromatic N) is 3. The highest BCUT2D eigenvalue weighted by Crippen LogP contribution is 2.25. The van der Waals surface area contributed by atoms with Gasteiger partial charge in [0.25, 0.3) is 5.91 Å². The standard InChI is InChI=1S/C18H21ClN4O3/c19-12-2-7-16(20-10-12)26-14-5-3-13(4-6-14)22-17(24)15-11-21-23-8-1-9-25-18(15)23/h2,7,10-11,13-14H,1,3-6,8-9H2,(H,22,24). The minimum absolute atomic E-state index is 0.114. The van der Waals surface area contributed by atoms with Crippen LogP contribution < -0.4 is 14.8 Å². The average Bonchev–Trinajstić information content (AvgIpc) is 3.09. The number of halogens is 1. The first-order chi connectivity index (χ1) is 12.7. The van der Waals surface area contributed by atoms with E-state index in [1.165, 1.54) is 0 Å². The molecule has 0 saturated heterocycles. The Balaban J connectivity index is 1.29. The van der Waals surface area contributed by atoms with Crippen LogP contribution in [-0.2, 0) is 6.54 Å². The van der Waals surface area contributed by atoms with E-state index in [0.29, 0.717) is 29.0 Å². The molecule has 1 saturated carbocycles. The molecule has 1 fully saturated rings. The van der Waals surface area contributed by atoms with Gasteiger partial charge in [0.2, 0.25) is 11.8 Å². The lowest BCUT2D eigenvalue weighted by Crippen LogP contribution is -2.39. The third-order valence-corrected chi connectivity index (χ3v) is 5.01. The number of carbonyl (C=O) groups excluding carboxylic acids is 1. The van der Waals surface area contributed by atoms with E-state index >= 15 is 0 Å². The fourth-order valence-electron chi connectivity index (χ4n) is 3.42. The molecule has 0 atom stereocenters. The lowest BCUT2D eigenvalue weighted by molar-refractivity contribution is 0.0884. The van der Waals surface area contributed by atoms with E-state index in [2.05, 4.69) is 15.4 Å². The number of carbonyl (C=O) groups is 1. The molecule has 0 aromatic carbocycles. The molecule has 0 unspecified atom stereocenters. The average molecular weight is 377 g/mol. The van der Waals surface area contributed by atoms with Crippen molar-refractivity contribution in [3.63, 3.8) is 0 Å². The molecule has 8 heteroatoms. The summed E-state index contributed by atoms with van der Waals surface area (Å²) in [5.41, 5.74) is 0.522. The number of aromatic nitrogens is 3. The molecule has 0 radical (unpaired) electrons. The molecule has 1 amide bonds. The van der Waals surface area contributed by atoms with Crippen LogP contribution in [-0.4, -0.2) is 39.4 Å². The van der Waals surface area contributed by atoms with Crippen molar-refractivity contribution in [3.05, 3.63) is 35.1 Å². The van der Waals surface area contributed by atoms with Crippen LogP contribution in [0.25, 0.3) is 0 Å². The third kappa shape index (κ3) is 3.77. The zero-order valence-electron chi connectivity index (χ0n) is 14.4. The monoisotopic (exact) mass is 376 g/mol. The number of fused-ring (bicyclic) bond motifs is 1. The Hall–Kier alpha value is -2.28. The predicted octanol–water partition coefficient (Wildman–Crippen LogP) is 2.83. The summed E-state index contributed by atoms with van der Waals surface area (Å²) in [6.07, 6.45) is 7.69. The summed E-state index contributed by atoms with van der Waals surface area (Å²) >= 11 is 5.84. The van der Waals surface area contributed by atoms with Gasteiger partial charge in [-0.05, 0) is 31.7 Å². The Morgan fingerprint density at radius 1 is 1.27 bits per heavy atom. The summed E-state index contributed by atoms with van der Waals surface area (Å²) in [5, 5.41) is 7.93. The molecule has 138 valence electrons. The van der Waals surface area contributed by atoms with E-state index in [-0.39, 0.29) is 18.1 Å². The van der Waals surface area contributed by atoms with Crippen LogP contribution in [0.3, 0.4) is 0 Å². The van der Waals surface area contributed by atoms with Crippen molar-refractivity contribution in [3.8, 4) is 11.8 Å². The molecule has 4 rings (SSSR count). The summed E-state index contributed by atoms with van der Waals surface area (Å²) in [6, 6.07) is 3.68. The van der Waals surface area contributed by atoms with Gasteiger partial charge in [0.15, 0.2) is 0 Å². The zero-order chi connectivity index (χ0) is 17.9. The number of ether oxygens (including phenoxy) is 2. The van der Waals surface area contributed by atoms with Crippen molar-refractivity contribution < 1.29 is 14.3 Å². The molecule has 0 bridgehead atoms. The molecule has 26 heavy (non-hydrogen) atoms. The Bertz CT molecular complexity index is 769. The van der Waals surface area contributed by atoms with Gasteiger partial charge in [-0.2, -0.15) is 5.10 Å². The quantitative estimate of drug-likeness (QED) is 0.887. The van der Waals surface area contributed by atoms with Crippen molar-refractivity contribution in [1.29, 1.82) is 0 Å². The number of amides is 1. The number of hydrogen-bond acceptors (Lipinski definition) is 5. The lowest BCUT2D eigenvalue weighted by Gasteiger charge is -2.29. The van der Waals surface area contributed by atoms with Crippen molar-refractivity contribution in [2.45, 2.75) is 50.8 Å². The first-order valence-corrected chi connectivity index (χ1v) is 9.34. The SMILES string of the molecule is O=C(NC1CCC(Oc2ccc(Cl)cn2)CC1)c1cnn2c1OCCC2. The van der Waals surface area contributed by atoms with Crippen LogP contribution in [0.15, 0.2) is 24.5 Å². The number of nitrogens with one attached hydrogen (secondary N) is 1. The second kappa shape index (κ2) is 7.53. The maximum Gasteiger partial charge on any atom is 0.258 e. The van der Waals surface area contributed by atoms with Crippen LogP contribution in [0.1, 0.15) is 42.5 Å². The van der Waals surface area contributed by atoms with Gasteiger partial charge < -0.3 is 14.8 Å². The molecule has 7 nitrogen and oxygen atoms in total. The van der Waals surface area contributed by atoms with Crippen LogP contribution >= 0.6 is 11.6 Å². The minimum atomic E-state index is -0.114. The minimum Gasteiger partial charge on any atom is -0.477 e. The summed E-state index contributed by atoms with van der Waals surface area (Å²) in [5.74, 6) is 1.06. The molecule has 1 N–H and O–H groups in total. The topological polar surface area (TPSA) is 78.3 Å². The number of aryl methyl sites for hydroxylation is 1. The maximum absolute atomic E-state index is 12.6. The molecule has 2 aliphatic rings. The summed E-state index contributed by atoms with van der Waals surface area (Å²) < 4.78 is 13.2. The van der Waals surface area contributed by atoms with Gasteiger partial charge in [-0.25, -0.2) is 9.67 Å². The Kier molecular flexibility index (Phi) is 4.97. The highest BCUT2D eigenvalue weighted by atomic mass is 35.5. The first-order valence-electron chi connectivity index (χ1n) is 8.97. The predicted molar refractivity (Wildman–Crippen MR) is 95.7 cm³/mol. The van der Waals surface area contributed by atoms with Crippen LogP contribution in [0.2, 0.25) is 5.02 Å². The maximum atomic E-state index is 12.6. The van der Waals surface area contributed by atoms with Gasteiger partial charge in [0.1, 0.15) is 11.7 Å². The molecular weight excluding hydrogens is 356 g/mol. The first kappa shape index (κ1) is 17.1. The van der Waals surface area contributed by atoms with E-state index < -0.39 is 0 Å². The fraction of sp³-hybridized carbons (Fsp3) is 0.500. The van der Waals surface area contributed by atoms with E-state index in [4.69, 9.17) is 21.1 Å². The largest absolute Gasteiger partial charge is 0.477 e.